The summed E-state index contributed by atoms with van der Waals surface area (Å²) in [6.07, 6.45) is 6.26. The van der Waals surface area contributed by atoms with Gasteiger partial charge in [0, 0.05) is 31.5 Å². The molecule has 3 heteroatoms. The van der Waals surface area contributed by atoms with Gasteiger partial charge in [-0.1, -0.05) is 36.4 Å². The van der Waals surface area contributed by atoms with Crippen LogP contribution >= 0.6 is 0 Å². The zero-order chi connectivity index (χ0) is 16.5. The first-order valence-electron chi connectivity index (χ1n) is 8.77. The summed E-state index contributed by atoms with van der Waals surface area (Å²) < 4.78 is 0. The summed E-state index contributed by atoms with van der Waals surface area (Å²) in [5.41, 5.74) is 4.52. The Morgan fingerprint density at radius 3 is 2.54 bits per heavy atom. The highest BCUT2D eigenvalue weighted by atomic mass is 16.3. The minimum Gasteiger partial charge on any atom is -0.386 e. The van der Waals surface area contributed by atoms with Crippen molar-refractivity contribution in [2.24, 2.45) is 0 Å². The van der Waals surface area contributed by atoms with Gasteiger partial charge in [0.15, 0.2) is 0 Å². The third-order valence-electron chi connectivity index (χ3n) is 5.27. The fourth-order valence-corrected chi connectivity index (χ4v) is 3.81. The second-order valence-corrected chi connectivity index (χ2v) is 6.75. The first kappa shape index (κ1) is 15.3. The van der Waals surface area contributed by atoms with Crippen LogP contribution < -0.4 is 9.80 Å². The molecule has 2 aromatic carbocycles. The molecule has 24 heavy (non-hydrogen) atoms. The van der Waals surface area contributed by atoms with Gasteiger partial charge in [0.05, 0.1) is 6.04 Å². The summed E-state index contributed by atoms with van der Waals surface area (Å²) in [4.78, 5) is 4.56. The van der Waals surface area contributed by atoms with Crippen LogP contribution in [-0.2, 0) is 0 Å². The van der Waals surface area contributed by atoms with E-state index in [-0.39, 0.29) is 6.04 Å². The Morgan fingerprint density at radius 2 is 1.79 bits per heavy atom. The largest absolute Gasteiger partial charge is 0.386 e. The van der Waals surface area contributed by atoms with Gasteiger partial charge in [-0.3, -0.25) is 0 Å². The van der Waals surface area contributed by atoms with Crippen LogP contribution in [0.2, 0.25) is 0 Å². The van der Waals surface area contributed by atoms with Crippen LogP contribution in [0.25, 0.3) is 6.08 Å². The van der Waals surface area contributed by atoms with Crippen molar-refractivity contribution >= 4 is 17.5 Å². The van der Waals surface area contributed by atoms with Crippen LogP contribution in [0.4, 0.5) is 11.4 Å². The molecule has 4 rings (SSSR count). The van der Waals surface area contributed by atoms with Crippen molar-refractivity contribution in [1.29, 1.82) is 0 Å². The number of aliphatic hydroxyl groups is 1. The normalized spacial score (nSPS) is 22.5. The highest BCUT2D eigenvalue weighted by Crippen LogP contribution is 2.35. The van der Waals surface area contributed by atoms with E-state index >= 15 is 0 Å². The molecule has 3 nitrogen and oxygen atoms in total. The van der Waals surface area contributed by atoms with Crippen LogP contribution in [0.5, 0.6) is 0 Å². The average Bonchev–Trinajstić information content (AvgIpc) is 3.17. The van der Waals surface area contributed by atoms with E-state index in [1.165, 1.54) is 18.5 Å². The van der Waals surface area contributed by atoms with Crippen molar-refractivity contribution in [3.8, 4) is 0 Å². The molecule has 0 amide bonds. The first-order chi connectivity index (χ1) is 11.7. The lowest BCUT2D eigenvalue weighted by Crippen LogP contribution is -2.37. The molecule has 1 saturated heterocycles. The molecule has 2 aliphatic rings. The van der Waals surface area contributed by atoms with E-state index in [2.05, 4.69) is 52.3 Å². The maximum absolute atomic E-state index is 11.0. The van der Waals surface area contributed by atoms with E-state index in [0.717, 1.165) is 29.9 Å². The van der Waals surface area contributed by atoms with Gasteiger partial charge >= 0.3 is 0 Å². The maximum Gasteiger partial charge on any atom is 0.104 e. The molecule has 1 N–H and O–H groups in total. The first-order valence-corrected chi connectivity index (χ1v) is 8.77. The molecule has 0 radical (unpaired) electrons. The Hall–Kier alpha value is -2.26. The fraction of sp³-hybridized carbons (Fsp3) is 0.333. The predicted octanol–water partition coefficient (Wildman–Crippen LogP) is 3.85. The third kappa shape index (κ3) is 2.69. The van der Waals surface area contributed by atoms with Crippen molar-refractivity contribution in [2.45, 2.75) is 25.0 Å². The van der Waals surface area contributed by atoms with E-state index in [1.54, 1.807) is 0 Å². The Balaban J connectivity index is 1.63. The molecule has 0 aromatic heterocycles. The summed E-state index contributed by atoms with van der Waals surface area (Å²) >= 11 is 0. The van der Waals surface area contributed by atoms with Crippen molar-refractivity contribution in [1.82, 2.24) is 0 Å². The zero-order valence-corrected chi connectivity index (χ0v) is 14.1. The number of aliphatic hydroxyl groups excluding tert-OH is 1. The molecule has 0 saturated carbocycles. The summed E-state index contributed by atoms with van der Waals surface area (Å²) in [6.45, 7) is 2.25. The SMILES string of the molecule is CN(c1ccccc1)[C@@H]1C=Cc2ccc(N3CCCC3)cc2[C@H]1O. The van der Waals surface area contributed by atoms with Gasteiger partial charge < -0.3 is 14.9 Å². The molecule has 0 unspecified atom stereocenters. The van der Waals surface area contributed by atoms with Crippen molar-refractivity contribution in [3.63, 3.8) is 0 Å². The molecule has 1 aliphatic carbocycles. The number of para-hydroxylation sites is 1. The second kappa shape index (κ2) is 6.33. The lowest BCUT2D eigenvalue weighted by molar-refractivity contribution is 0.159. The van der Waals surface area contributed by atoms with Gasteiger partial charge in [-0.25, -0.2) is 0 Å². The number of hydrogen-bond donors (Lipinski definition) is 1. The molecule has 1 heterocycles. The second-order valence-electron chi connectivity index (χ2n) is 6.75. The highest BCUT2D eigenvalue weighted by molar-refractivity contribution is 5.66. The molecule has 2 aromatic rings. The molecule has 2 atom stereocenters. The maximum atomic E-state index is 11.0. The lowest BCUT2D eigenvalue weighted by atomic mass is 9.90. The number of rotatable bonds is 3. The fourth-order valence-electron chi connectivity index (χ4n) is 3.81. The van der Waals surface area contributed by atoms with Crippen molar-refractivity contribution in [2.75, 3.05) is 29.9 Å². The number of nitrogens with zero attached hydrogens (tertiary/aromatic N) is 2. The van der Waals surface area contributed by atoms with Crippen LogP contribution in [0.1, 0.15) is 30.1 Å². The Labute approximate surface area is 143 Å². The van der Waals surface area contributed by atoms with E-state index < -0.39 is 6.10 Å². The van der Waals surface area contributed by atoms with Gasteiger partial charge in [-0.05, 0) is 48.2 Å². The molecule has 124 valence electrons. The van der Waals surface area contributed by atoms with E-state index in [1.807, 2.05) is 25.2 Å². The standard InChI is InChI=1S/C21H24N2O/c1-22(17-7-3-2-4-8-17)20-12-10-16-9-11-18(15-19(16)21(20)24)23-13-5-6-14-23/h2-4,7-12,15,20-21,24H,5-6,13-14H2,1H3/t20-,21-/m1/s1. The topological polar surface area (TPSA) is 26.7 Å². The van der Waals surface area contributed by atoms with Gasteiger partial charge in [0.1, 0.15) is 6.10 Å². The lowest BCUT2D eigenvalue weighted by Gasteiger charge is -2.35. The van der Waals surface area contributed by atoms with Crippen molar-refractivity contribution in [3.05, 3.63) is 65.7 Å². The molecule has 0 bridgehead atoms. The summed E-state index contributed by atoms with van der Waals surface area (Å²) in [6, 6.07) is 16.7. The van der Waals surface area contributed by atoms with Gasteiger partial charge in [-0.2, -0.15) is 0 Å². The molecular formula is C21H24N2O. The number of likely N-dealkylation sites (N-methyl/N-ethyl adjacent to an activating group) is 1. The third-order valence-corrected chi connectivity index (χ3v) is 5.27. The smallest absolute Gasteiger partial charge is 0.104 e. The van der Waals surface area contributed by atoms with E-state index in [0.29, 0.717) is 0 Å². The molecule has 1 fully saturated rings. The summed E-state index contributed by atoms with van der Waals surface area (Å²) in [5.74, 6) is 0. The minimum atomic E-state index is -0.516. The van der Waals surface area contributed by atoms with Gasteiger partial charge in [-0.15, -0.1) is 0 Å². The number of fused-ring (bicyclic) bond motifs is 1. The highest BCUT2D eigenvalue weighted by Gasteiger charge is 2.28. The summed E-state index contributed by atoms with van der Waals surface area (Å²) in [7, 11) is 2.04. The number of hydrogen-bond acceptors (Lipinski definition) is 3. The number of anilines is 2. The molecule has 0 spiro atoms. The monoisotopic (exact) mass is 320 g/mol. The van der Waals surface area contributed by atoms with Crippen molar-refractivity contribution < 1.29 is 5.11 Å². The van der Waals surface area contributed by atoms with Gasteiger partial charge in [0.2, 0.25) is 0 Å². The Morgan fingerprint density at radius 1 is 1.04 bits per heavy atom. The van der Waals surface area contributed by atoms with Crippen LogP contribution in [-0.4, -0.2) is 31.3 Å². The summed E-state index contributed by atoms with van der Waals surface area (Å²) in [5, 5.41) is 11.0. The Kier molecular flexibility index (Phi) is 4.03. The van der Waals surface area contributed by atoms with Gasteiger partial charge in [0.25, 0.3) is 0 Å². The van der Waals surface area contributed by atoms with E-state index in [9.17, 15) is 5.11 Å². The quantitative estimate of drug-likeness (QED) is 0.930. The zero-order valence-electron chi connectivity index (χ0n) is 14.1. The molecule has 1 aliphatic heterocycles. The van der Waals surface area contributed by atoms with Crippen LogP contribution in [0, 0.1) is 0 Å². The average molecular weight is 320 g/mol. The number of benzene rings is 2. The minimum absolute atomic E-state index is 0.0475. The van der Waals surface area contributed by atoms with Crippen LogP contribution in [0.3, 0.4) is 0 Å². The Bertz CT molecular complexity index is 735. The predicted molar refractivity (Wildman–Crippen MR) is 101 cm³/mol. The van der Waals surface area contributed by atoms with E-state index in [4.69, 9.17) is 0 Å². The van der Waals surface area contributed by atoms with Crippen LogP contribution in [0.15, 0.2) is 54.6 Å². The molecular weight excluding hydrogens is 296 g/mol.